The van der Waals surface area contributed by atoms with E-state index in [0.717, 1.165) is 0 Å². The van der Waals surface area contributed by atoms with Crippen molar-refractivity contribution in [1.29, 1.82) is 0 Å². The van der Waals surface area contributed by atoms with Crippen LogP contribution in [0, 0.1) is 0 Å². The minimum atomic E-state index is -0.379. The molecule has 1 aromatic carbocycles. The van der Waals surface area contributed by atoms with E-state index >= 15 is 0 Å². The molecule has 0 atom stereocenters. The Morgan fingerprint density at radius 1 is 1.20 bits per heavy atom. The van der Waals surface area contributed by atoms with E-state index in [1.807, 2.05) is 6.07 Å². The van der Waals surface area contributed by atoms with Gasteiger partial charge < -0.3 is 5.73 Å². The number of rotatable bonds is 1. The predicted octanol–water partition coefficient (Wildman–Crippen LogP) is 0.783. The van der Waals surface area contributed by atoms with Crippen molar-refractivity contribution in [2.45, 2.75) is 0 Å². The van der Waals surface area contributed by atoms with Crippen molar-refractivity contribution in [2.75, 3.05) is 0 Å². The second kappa shape index (κ2) is 4.28. The summed E-state index contributed by atoms with van der Waals surface area (Å²) in [5.41, 5.74) is 5.53. The predicted molar refractivity (Wildman–Crippen MR) is 35.0 cm³/mol. The Bertz CT molecular complexity index is 210. The summed E-state index contributed by atoms with van der Waals surface area (Å²) in [5.74, 6) is -0.379. The van der Waals surface area contributed by atoms with Gasteiger partial charge in [0.15, 0.2) is 0 Å². The molecule has 0 bridgehead atoms. The molecule has 0 spiro atoms. The van der Waals surface area contributed by atoms with E-state index in [-0.39, 0.29) is 28.3 Å². The molecule has 3 heteroatoms. The molecule has 0 unspecified atom stereocenters. The average molecular weight is 229 g/mol. The summed E-state index contributed by atoms with van der Waals surface area (Å²) in [6, 6.07) is 8.76. The van der Waals surface area contributed by atoms with Crippen LogP contribution in [0.3, 0.4) is 0 Å². The summed E-state index contributed by atoms with van der Waals surface area (Å²) in [4.78, 5) is 10.4. The molecule has 1 aromatic rings. The first-order chi connectivity index (χ1) is 4.30. The van der Waals surface area contributed by atoms with Gasteiger partial charge >= 0.3 is 0 Å². The number of hydrogen-bond donors (Lipinski definition) is 1. The third kappa shape index (κ3) is 2.35. The van der Waals surface area contributed by atoms with Crippen molar-refractivity contribution < 1.29 is 27.2 Å². The van der Waals surface area contributed by atoms with Crippen LogP contribution in [0.25, 0.3) is 0 Å². The summed E-state index contributed by atoms with van der Waals surface area (Å²) in [5, 5.41) is 0. The third-order valence-electron chi connectivity index (χ3n) is 1.06. The van der Waals surface area contributed by atoms with Gasteiger partial charge in [-0.3, -0.25) is 4.79 Å². The Morgan fingerprint density at radius 3 is 2.00 bits per heavy atom. The minimum Gasteiger partial charge on any atom is -0.366 e. The van der Waals surface area contributed by atoms with E-state index in [1.165, 1.54) is 0 Å². The summed E-state index contributed by atoms with van der Waals surface area (Å²) < 4.78 is 0. The summed E-state index contributed by atoms with van der Waals surface area (Å²) in [7, 11) is 0. The first-order valence-electron chi connectivity index (χ1n) is 2.65. The van der Waals surface area contributed by atoms with Crippen LogP contribution in [0.4, 0.5) is 0 Å². The number of amides is 1. The first-order valence-corrected chi connectivity index (χ1v) is 2.65. The van der Waals surface area contributed by atoms with Crippen LogP contribution in [0.1, 0.15) is 10.4 Å². The standard InChI is InChI=1S/C7H7NO.Ag/c8-7(9)6-4-2-1-3-5-6;/h1-5H,(H2,8,9);. The largest absolute Gasteiger partial charge is 0.366 e. The topological polar surface area (TPSA) is 43.1 Å². The van der Waals surface area contributed by atoms with Crippen LogP contribution in [0.5, 0.6) is 0 Å². The molecule has 0 aromatic heterocycles. The fraction of sp³-hybridized carbons (Fsp3) is 0. The normalized spacial score (nSPS) is 8.00. The molecule has 0 fully saturated rings. The number of carbonyl (C=O) groups excluding carboxylic acids is 1. The fourth-order valence-corrected chi connectivity index (χ4v) is 0.602. The van der Waals surface area contributed by atoms with Gasteiger partial charge in [-0.25, -0.2) is 0 Å². The van der Waals surface area contributed by atoms with E-state index in [1.54, 1.807) is 24.3 Å². The number of hydrogen-bond acceptors (Lipinski definition) is 1. The van der Waals surface area contributed by atoms with Gasteiger partial charge in [-0.15, -0.1) is 0 Å². The monoisotopic (exact) mass is 228 g/mol. The Balaban J connectivity index is 0.000000810. The van der Waals surface area contributed by atoms with E-state index < -0.39 is 0 Å². The maximum Gasteiger partial charge on any atom is 0.248 e. The Kier molecular flexibility index (Phi) is 4.03. The molecule has 0 aliphatic carbocycles. The molecule has 0 saturated carbocycles. The SMILES string of the molecule is NC(=O)c1ccccc1.[Ag]. The van der Waals surface area contributed by atoms with Gasteiger partial charge in [0.05, 0.1) is 0 Å². The molecular formula is C7H7AgNO. The Morgan fingerprint density at radius 2 is 1.70 bits per heavy atom. The average Bonchev–Trinajstić information content (AvgIpc) is 1.90. The molecule has 2 N–H and O–H groups in total. The van der Waals surface area contributed by atoms with Crippen LogP contribution in [-0.4, -0.2) is 5.91 Å². The number of carbonyl (C=O) groups is 1. The van der Waals surface area contributed by atoms with Gasteiger partial charge in [0.2, 0.25) is 5.91 Å². The van der Waals surface area contributed by atoms with Crippen molar-refractivity contribution in [3.05, 3.63) is 35.9 Å². The van der Waals surface area contributed by atoms with E-state index in [2.05, 4.69) is 0 Å². The first kappa shape index (κ1) is 9.43. The molecular weight excluding hydrogens is 222 g/mol. The summed E-state index contributed by atoms with van der Waals surface area (Å²) >= 11 is 0. The smallest absolute Gasteiger partial charge is 0.248 e. The maximum absolute atomic E-state index is 10.4. The number of nitrogens with two attached hydrogens (primary N) is 1. The van der Waals surface area contributed by atoms with Crippen LogP contribution in [-0.2, 0) is 22.4 Å². The quantitative estimate of drug-likeness (QED) is 0.710. The second-order valence-corrected chi connectivity index (χ2v) is 1.73. The van der Waals surface area contributed by atoms with Crippen LogP contribution >= 0.6 is 0 Å². The van der Waals surface area contributed by atoms with Crippen LogP contribution in [0.15, 0.2) is 30.3 Å². The van der Waals surface area contributed by atoms with Gasteiger partial charge in [0.25, 0.3) is 0 Å². The van der Waals surface area contributed by atoms with E-state index in [4.69, 9.17) is 5.73 Å². The minimum absolute atomic E-state index is 0. The molecule has 0 saturated heterocycles. The zero-order chi connectivity index (χ0) is 6.69. The van der Waals surface area contributed by atoms with Gasteiger partial charge in [0, 0.05) is 27.9 Å². The van der Waals surface area contributed by atoms with Gasteiger partial charge in [-0.1, -0.05) is 18.2 Å². The molecule has 10 heavy (non-hydrogen) atoms. The van der Waals surface area contributed by atoms with Crippen molar-refractivity contribution in [3.63, 3.8) is 0 Å². The molecule has 57 valence electrons. The second-order valence-electron chi connectivity index (χ2n) is 1.73. The zero-order valence-electron chi connectivity index (χ0n) is 5.17. The maximum atomic E-state index is 10.4. The molecule has 1 radical (unpaired) electrons. The van der Waals surface area contributed by atoms with Gasteiger partial charge in [0.1, 0.15) is 0 Å². The van der Waals surface area contributed by atoms with Crippen molar-refractivity contribution in [3.8, 4) is 0 Å². The molecule has 0 aliphatic heterocycles. The summed E-state index contributed by atoms with van der Waals surface area (Å²) in [6.45, 7) is 0. The van der Waals surface area contributed by atoms with Crippen molar-refractivity contribution in [2.24, 2.45) is 5.73 Å². The van der Waals surface area contributed by atoms with Crippen LogP contribution in [0.2, 0.25) is 0 Å². The summed E-state index contributed by atoms with van der Waals surface area (Å²) in [6.07, 6.45) is 0. The number of primary amides is 1. The third-order valence-corrected chi connectivity index (χ3v) is 1.06. The fourth-order valence-electron chi connectivity index (χ4n) is 0.602. The van der Waals surface area contributed by atoms with Crippen molar-refractivity contribution >= 4 is 5.91 Å². The molecule has 0 aliphatic rings. The van der Waals surface area contributed by atoms with E-state index in [0.29, 0.717) is 5.56 Å². The van der Waals surface area contributed by atoms with Crippen LogP contribution < -0.4 is 5.73 Å². The van der Waals surface area contributed by atoms with Crippen molar-refractivity contribution in [1.82, 2.24) is 0 Å². The van der Waals surface area contributed by atoms with Gasteiger partial charge in [-0.2, -0.15) is 0 Å². The Hall–Kier alpha value is -0.570. The molecule has 0 heterocycles. The van der Waals surface area contributed by atoms with E-state index in [9.17, 15) is 4.79 Å². The molecule has 1 rings (SSSR count). The molecule has 1 amide bonds. The Labute approximate surface area is 74.9 Å². The zero-order valence-corrected chi connectivity index (χ0v) is 6.66. The van der Waals surface area contributed by atoms with Gasteiger partial charge in [-0.05, 0) is 12.1 Å². The number of benzene rings is 1. The molecule has 2 nitrogen and oxygen atoms in total.